The van der Waals surface area contributed by atoms with Crippen molar-refractivity contribution in [3.8, 4) is 0 Å². The summed E-state index contributed by atoms with van der Waals surface area (Å²) in [6.45, 7) is 0. The van der Waals surface area contributed by atoms with Crippen molar-refractivity contribution in [3.05, 3.63) is 11.9 Å². The molecular formula is C6H4F6. The highest BCUT2D eigenvalue weighted by Gasteiger charge is 2.63. The van der Waals surface area contributed by atoms with Gasteiger partial charge >= 0.3 is 11.8 Å². The molecule has 1 atom stereocenters. The molecule has 12 heavy (non-hydrogen) atoms. The molecule has 0 N–H and O–H groups in total. The Bertz CT molecular complexity index is 218. The molecule has 0 spiro atoms. The Kier molecular flexibility index (Phi) is 1.88. The quantitative estimate of drug-likeness (QED) is 0.515. The summed E-state index contributed by atoms with van der Waals surface area (Å²) in [4.78, 5) is 0. The van der Waals surface area contributed by atoms with Crippen molar-refractivity contribution in [1.82, 2.24) is 0 Å². The molecule has 1 aliphatic rings. The number of halogens is 6. The van der Waals surface area contributed by atoms with Gasteiger partial charge in [-0.15, -0.1) is 0 Å². The summed E-state index contributed by atoms with van der Waals surface area (Å²) in [5, 5.41) is 0. The fourth-order valence-electron chi connectivity index (χ4n) is 0.854. The molecule has 0 aromatic rings. The van der Waals surface area contributed by atoms with E-state index in [0.717, 1.165) is 0 Å². The van der Waals surface area contributed by atoms with Crippen LogP contribution in [0.5, 0.6) is 0 Å². The van der Waals surface area contributed by atoms with Crippen molar-refractivity contribution < 1.29 is 26.3 Å². The van der Waals surface area contributed by atoms with E-state index < -0.39 is 30.3 Å². The van der Waals surface area contributed by atoms with Crippen molar-refractivity contribution in [2.45, 2.75) is 24.4 Å². The third-order valence-corrected chi connectivity index (χ3v) is 1.55. The van der Waals surface area contributed by atoms with Crippen LogP contribution in [0.2, 0.25) is 0 Å². The predicted molar refractivity (Wildman–Crippen MR) is 28.6 cm³/mol. The molecule has 1 aliphatic carbocycles. The van der Waals surface area contributed by atoms with Crippen LogP contribution in [0.4, 0.5) is 26.3 Å². The Labute approximate surface area is 63.9 Å². The third kappa shape index (κ3) is 1.19. The Hall–Kier alpha value is -0.680. The number of hydrogen-bond donors (Lipinski definition) is 0. The van der Waals surface area contributed by atoms with Crippen LogP contribution in [0, 0.1) is 0 Å². The van der Waals surface area contributed by atoms with Crippen molar-refractivity contribution in [1.29, 1.82) is 0 Å². The first-order valence-electron chi connectivity index (χ1n) is 3.03. The van der Waals surface area contributed by atoms with Crippen LogP contribution in [0.25, 0.3) is 0 Å². The molecule has 0 aromatic heterocycles. The molecular weight excluding hydrogens is 186 g/mol. The number of alkyl halides is 5. The highest BCUT2D eigenvalue weighted by atomic mass is 19.3. The van der Waals surface area contributed by atoms with Gasteiger partial charge in [0.05, 0.1) is 6.42 Å². The molecule has 0 aromatic carbocycles. The first-order valence-corrected chi connectivity index (χ1v) is 3.03. The fraction of sp³-hybridized carbons (Fsp3) is 0.667. The summed E-state index contributed by atoms with van der Waals surface area (Å²) in [6, 6.07) is 0. The minimum absolute atomic E-state index is 0.128. The standard InChI is InChI=1S/C6H4F6/c7-3-1-4(8)6(11,12)5(9,10)2-3/h1,4H,2H2. The topological polar surface area (TPSA) is 0 Å². The van der Waals surface area contributed by atoms with Crippen LogP contribution in [0.3, 0.4) is 0 Å². The van der Waals surface area contributed by atoms with Gasteiger partial charge in [-0.1, -0.05) is 0 Å². The molecule has 0 amide bonds. The zero-order valence-corrected chi connectivity index (χ0v) is 5.63. The number of hydrogen-bond acceptors (Lipinski definition) is 0. The molecule has 0 saturated heterocycles. The summed E-state index contributed by atoms with van der Waals surface area (Å²) >= 11 is 0. The van der Waals surface area contributed by atoms with Gasteiger partial charge in [0.15, 0.2) is 6.17 Å². The third-order valence-electron chi connectivity index (χ3n) is 1.55. The molecule has 0 fully saturated rings. The molecule has 0 saturated carbocycles. The predicted octanol–water partition coefficient (Wildman–Crippen LogP) is 2.85. The van der Waals surface area contributed by atoms with Gasteiger partial charge in [0.1, 0.15) is 5.83 Å². The van der Waals surface area contributed by atoms with Crippen LogP contribution in [0.15, 0.2) is 11.9 Å². The minimum Gasteiger partial charge on any atom is -0.236 e. The minimum atomic E-state index is -4.80. The van der Waals surface area contributed by atoms with E-state index in [1.165, 1.54) is 0 Å². The summed E-state index contributed by atoms with van der Waals surface area (Å²) < 4.78 is 73.1. The Balaban J connectivity index is 3.04. The number of rotatable bonds is 0. The molecule has 0 bridgehead atoms. The SMILES string of the molecule is FC1=CC(F)C(F)(F)C(F)(F)C1. The second kappa shape index (κ2) is 2.40. The van der Waals surface area contributed by atoms with E-state index in [2.05, 4.69) is 0 Å². The summed E-state index contributed by atoms with van der Waals surface area (Å²) in [5.74, 6) is -11.0. The monoisotopic (exact) mass is 190 g/mol. The Morgan fingerprint density at radius 2 is 1.75 bits per heavy atom. The molecule has 6 heteroatoms. The van der Waals surface area contributed by atoms with Crippen LogP contribution in [-0.4, -0.2) is 18.0 Å². The largest absolute Gasteiger partial charge is 0.344 e. The number of allylic oxidation sites excluding steroid dienone is 2. The normalized spacial score (nSPS) is 32.8. The average molecular weight is 190 g/mol. The second-order valence-corrected chi connectivity index (χ2v) is 2.52. The van der Waals surface area contributed by atoms with Gasteiger partial charge in [-0.05, 0) is 6.08 Å². The van der Waals surface area contributed by atoms with Crippen LogP contribution >= 0.6 is 0 Å². The van der Waals surface area contributed by atoms with E-state index in [4.69, 9.17) is 0 Å². The first-order chi connectivity index (χ1) is 5.27. The van der Waals surface area contributed by atoms with Crippen LogP contribution in [-0.2, 0) is 0 Å². The maximum absolute atomic E-state index is 12.2. The maximum Gasteiger partial charge on any atom is 0.344 e. The molecule has 1 unspecified atom stereocenters. The zero-order valence-electron chi connectivity index (χ0n) is 5.63. The highest BCUT2D eigenvalue weighted by Crippen LogP contribution is 2.46. The summed E-state index contributed by atoms with van der Waals surface area (Å²) in [5.41, 5.74) is 0. The maximum atomic E-state index is 12.2. The van der Waals surface area contributed by atoms with Gasteiger partial charge in [0.2, 0.25) is 0 Å². The molecule has 0 aliphatic heterocycles. The van der Waals surface area contributed by atoms with Gasteiger partial charge in [-0.2, -0.15) is 17.6 Å². The van der Waals surface area contributed by atoms with Gasteiger partial charge in [0, 0.05) is 0 Å². The van der Waals surface area contributed by atoms with Crippen molar-refractivity contribution in [2.75, 3.05) is 0 Å². The lowest BCUT2D eigenvalue weighted by molar-refractivity contribution is -0.236. The van der Waals surface area contributed by atoms with E-state index in [1.807, 2.05) is 0 Å². The van der Waals surface area contributed by atoms with Gasteiger partial charge in [-0.3, -0.25) is 0 Å². The van der Waals surface area contributed by atoms with Crippen molar-refractivity contribution in [3.63, 3.8) is 0 Å². The van der Waals surface area contributed by atoms with E-state index in [1.54, 1.807) is 0 Å². The van der Waals surface area contributed by atoms with Crippen molar-refractivity contribution in [2.24, 2.45) is 0 Å². The van der Waals surface area contributed by atoms with E-state index in [-0.39, 0.29) is 6.08 Å². The highest BCUT2D eigenvalue weighted by molar-refractivity contribution is 5.14. The molecule has 0 heterocycles. The zero-order chi connectivity index (χ0) is 9.57. The van der Waals surface area contributed by atoms with Crippen LogP contribution in [0.1, 0.15) is 6.42 Å². The average Bonchev–Trinajstić information content (AvgIpc) is 1.82. The van der Waals surface area contributed by atoms with Gasteiger partial charge < -0.3 is 0 Å². The van der Waals surface area contributed by atoms with Crippen molar-refractivity contribution >= 4 is 0 Å². The molecule has 0 nitrogen and oxygen atoms in total. The lowest BCUT2D eigenvalue weighted by Crippen LogP contribution is -2.49. The Morgan fingerprint density at radius 3 is 2.17 bits per heavy atom. The van der Waals surface area contributed by atoms with Crippen LogP contribution < -0.4 is 0 Å². The van der Waals surface area contributed by atoms with E-state index in [0.29, 0.717) is 0 Å². The second-order valence-electron chi connectivity index (χ2n) is 2.52. The van der Waals surface area contributed by atoms with Gasteiger partial charge in [0.25, 0.3) is 0 Å². The molecule has 0 radical (unpaired) electrons. The Morgan fingerprint density at radius 1 is 1.25 bits per heavy atom. The lowest BCUT2D eigenvalue weighted by atomic mass is 9.97. The summed E-state index contributed by atoms with van der Waals surface area (Å²) in [7, 11) is 0. The molecule has 70 valence electrons. The summed E-state index contributed by atoms with van der Waals surface area (Å²) in [6.07, 6.45) is -5.11. The lowest BCUT2D eigenvalue weighted by Gasteiger charge is -2.30. The first kappa shape index (κ1) is 9.41. The fourth-order valence-corrected chi connectivity index (χ4v) is 0.854. The van der Waals surface area contributed by atoms with E-state index >= 15 is 0 Å². The molecule has 1 rings (SSSR count). The van der Waals surface area contributed by atoms with E-state index in [9.17, 15) is 26.3 Å². The smallest absolute Gasteiger partial charge is 0.236 e. The van der Waals surface area contributed by atoms with Gasteiger partial charge in [-0.25, -0.2) is 8.78 Å².